The van der Waals surface area contributed by atoms with Crippen molar-refractivity contribution in [3.05, 3.63) is 29.6 Å². The molecule has 14 heavy (non-hydrogen) atoms. The van der Waals surface area contributed by atoms with Crippen LogP contribution in [0.25, 0.3) is 0 Å². The lowest BCUT2D eigenvalue weighted by Crippen LogP contribution is -2.50. The van der Waals surface area contributed by atoms with Crippen LogP contribution in [0, 0.1) is 17.5 Å². The van der Waals surface area contributed by atoms with E-state index >= 15 is 0 Å². The first kappa shape index (κ1) is 5.60. The number of ether oxygens (including phenoxy) is 1. The minimum Gasteiger partial charge on any atom is -0.482 e. The van der Waals surface area contributed by atoms with E-state index in [0.29, 0.717) is 12.1 Å². The van der Waals surface area contributed by atoms with Crippen LogP contribution in [0.2, 0.25) is 0 Å². The lowest BCUT2D eigenvalue weighted by molar-refractivity contribution is 0.128. The van der Waals surface area contributed by atoms with E-state index in [2.05, 4.69) is 4.74 Å². The molecule has 2 rings (SSSR count). The van der Waals surface area contributed by atoms with Crippen LogP contribution >= 0.6 is 0 Å². The maximum Gasteiger partial charge on any atom is 0.203 e. The summed E-state index contributed by atoms with van der Waals surface area (Å²) in [7, 11) is 0. The summed E-state index contributed by atoms with van der Waals surface area (Å²) < 4.78 is 73.2. The van der Waals surface area contributed by atoms with Crippen LogP contribution in [-0.2, 0) is 0 Å². The topological polar surface area (TPSA) is 21.3 Å². The molecule has 0 bridgehead atoms. The van der Waals surface area contributed by atoms with Crippen LogP contribution in [0.5, 0.6) is 5.75 Å². The summed E-state index contributed by atoms with van der Waals surface area (Å²) in [4.78, 5) is 0. The molecule has 0 aliphatic carbocycles. The highest BCUT2D eigenvalue weighted by Crippen LogP contribution is 2.25. The van der Waals surface area contributed by atoms with Gasteiger partial charge in [-0.1, -0.05) is 0 Å². The van der Waals surface area contributed by atoms with Crippen molar-refractivity contribution in [3.8, 4) is 5.75 Å². The van der Waals surface area contributed by atoms with Gasteiger partial charge in [0.2, 0.25) is 5.82 Å². The van der Waals surface area contributed by atoms with Gasteiger partial charge in [0.1, 0.15) is 6.10 Å². The van der Waals surface area contributed by atoms with Gasteiger partial charge in [0, 0.05) is 18.5 Å². The summed E-state index contributed by atoms with van der Waals surface area (Å²) in [6.07, 6.45) is -1.78. The average Bonchev–Trinajstić information content (AvgIpc) is 2.21. The van der Waals surface area contributed by atoms with Gasteiger partial charge in [0.25, 0.3) is 0 Å². The minimum atomic E-state index is -2.30. The molecule has 1 aliphatic rings. The zero-order chi connectivity index (χ0) is 13.7. The van der Waals surface area contributed by atoms with Crippen LogP contribution in [0.3, 0.4) is 0 Å². The largest absolute Gasteiger partial charge is 0.482 e. The third kappa shape index (κ3) is 1.55. The molecule has 1 aliphatic heterocycles. The molecular weight excluding hydrogens is 195 g/mol. The molecule has 0 amide bonds. The van der Waals surface area contributed by atoms with Crippen molar-refractivity contribution in [2.24, 2.45) is 0 Å². The second-order valence-electron chi connectivity index (χ2n) is 2.58. The number of rotatable bonds is 2. The SMILES string of the molecule is [2H]C1([2H])NC([2H])([2H])C1Oc1c(F)ccc(F)c1F. The molecule has 0 spiro atoms. The Morgan fingerprint density at radius 1 is 1.29 bits per heavy atom. The second kappa shape index (κ2) is 3.49. The van der Waals surface area contributed by atoms with E-state index in [1.54, 1.807) is 0 Å². The summed E-state index contributed by atoms with van der Waals surface area (Å²) in [5.41, 5.74) is 0. The summed E-state index contributed by atoms with van der Waals surface area (Å²) >= 11 is 0. The minimum absolute atomic E-state index is 0.555. The first-order valence-corrected chi connectivity index (χ1v) is 3.74. The van der Waals surface area contributed by atoms with Gasteiger partial charge in [-0.3, -0.25) is 0 Å². The fraction of sp³-hybridized carbons (Fsp3) is 0.333. The number of halogens is 3. The molecule has 1 heterocycles. The maximum atomic E-state index is 13.3. The van der Waals surface area contributed by atoms with Crippen molar-refractivity contribution in [2.45, 2.75) is 6.10 Å². The first-order valence-electron chi connectivity index (χ1n) is 5.74. The monoisotopic (exact) mass is 207 g/mol. The van der Waals surface area contributed by atoms with Crippen molar-refractivity contribution in [3.63, 3.8) is 0 Å². The van der Waals surface area contributed by atoms with Gasteiger partial charge in [-0.15, -0.1) is 0 Å². The zero-order valence-corrected chi connectivity index (χ0v) is 6.77. The van der Waals surface area contributed by atoms with Crippen LogP contribution in [0.4, 0.5) is 13.2 Å². The van der Waals surface area contributed by atoms with Crippen molar-refractivity contribution in [2.75, 3.05) is 13.0 Å². The van der Waals surface area contributed by atoms with Gasteiger partial charge < -0.3 is 10.1 Å². The molecule has 0 atom stereocenters. The molecule has 1 N–H and O–H groups in total. The number of hydrogen-bond acceptors (Lipinski definition) is 2. The predicted octanol–water partition coefficient (Wildman–Crippen LogP) is 1.45. The zero-order valence-electron chi connectivity index (χ0n) is 10.8. The van der Waals surface area contributed by atoms with Crippen molar-refractivity contribution in [1.82, 2.24) is 5.32 Å². The van der Waals surface area contributed by atoms with E-state index < -0.39 is 42.3 Å². The van der Waals surface area contributed by atoms with Gasteiger partial charge in [-0.25, -0.2) is 8.78 Å². The van der Waals surface area contributed by atoms with E-state index in [4.69, 9.17) is 5.48 Å². The molecule has 1 saturated heterocycles. The molecule has 1 aromatic carbocycles. The Hall–Kier alpha value is -1.23. The fourth-order valence-electron chi connectivity index (χ4n) is 0.924. The quantitative estimate of drug-likeness (QED) is 0.741. The van der Waals surface area contributed by atoms with Crippen molar-refractivity contribution < 1.29 is 23.4 Å². The Bertz CT molecular complexity index is 483. The number of hydrogen-bond donors (Lipinski definition) is 1. The van der Waals surface area contributed by atoms with Crippen LogP contribution in [0.1, 0.15) is 5.48 Å². The summed E-state index contributed by atoms with van der Waals surface area (Å²) in [5.74, 6) is -5.34. The molecular formula is C9H8F3NO. The molecule has 0 unspecified atom stereocenters. The maximum absolute atomic E-state index is 13.3. The molecule has 1 aromatic rings. The summed E-state index contributed by atoms with van der Waals surface area (Å²) in [6.45, 7) is -4.59. The average molecular weight is 207 g/mol. The van der Waals surface area contributed by atoms with E-state index in [-0.39, 0.29) is 0 Å². The molecule has 0 saturated carbocycles. The predicted molar refractivity (Wildman–Crippen MR) is 43.6 cm³/mol. The van der Waals surface area contributed by atoms with Crippen LogP contribution in [0.15, 0.2) is 12.1 Å². The van der Waals surface area contributed by atoms with E-state index in [9.17, 15) is 13.2 Å². The molecule has 0 aromatic heterocycles. The third-order valence-corrected chi connectivity index (χ3v) is 1.64. The van der Waals surface area contributed by atoms with Gasteiger partial charge in [-0.05, 0) is 12.1 Å². The number of nitrogens with one attached hydrogen (secondary N) is 1. The molecule has 5 heteroatoms. The standard InChI is InChI=1S/C9H8F3NO/c10-6-1-2-7(11)9(8(6)12)14-5-3-13-4-5/h1-2,5,13H,3-4H2/i3D2,4D2. The van der Waals surface area contributed by atoms with E-state index in [1.807, 2.05) is 5.32 Å². The Balaban J connectivity index is 2.33. The Morgan fingerprint density at radius 3 is 2.57 bits per heavy atom. The van der Waals surface area contributed by atoms with Crippen LogP contribution in [-0.4, -0.2) is 19.1 Å². The third-order valence-electron chi connectivity index (χ3n) is 1.64. The van der Waals surface area contributed by atoms with Gasteiger partial charge >= 0.3 is 0 Å². The van der Waals surface area contributed by atoms with Gasteiger partial charge in [0.15, 0.2) is 17.4 Å². The molecule has 1 fully saturated rings. The smallest absolute Gasteiger partial charge is 0.203 e. The van der Waals surface area contributed by atoms with E-state index in [1.165, 1.54) is 0 Å². The lowest BCUT2D eigenvalue weighted by Gasteiger charge is -2.28. The Kier molecular flexibility index (Phi) is 1.40. The molecule has 2 nitrogen and oxygen atoms in total. The van der Waals surface area contributed by atoms with Crippen LogP contribution < -0.4 is 10.1 Å². The first-order chi connectivity index (χ1) is 8.15. The second-order valence-corrected chi connectivity index (χ2v) is 2.58. The van der Waals surface area contributed by atoms with Gasteiger partial charge in [-0.2, -0.15) is 4.39 Å². The Morgan fingerprint density at radius 2 is 1.93 bits per heavy atom. The highest BCUT2D eigenvalue weighted by Gasteiger charge is 2.23. The molecule has 76 valence electrons. The number of benzene rings is 1. The molecule has 0 radical (unpaired) electrons. The summed E-state index contributed by atoms with van der Waals surface area (Å²) in [5, 5.41) is 1.89. The highest BCUT2D eigenvalue weighted by atomic mass is 19.2. The lowest BCUT2D eigenvalue weighted by atomic mass is 10.2. The summed E-state index contributed by atoms with van der Waals surface area (Å²) in [6, 6.07) is 1.17. The van der Waals surface area contributed by atoms with Crippen molar-refractivity contribution in [1.29, 1.82) is 0 Å². The fourth-order valence-corrected chi connectivity index (χ4v) is 0.924. The van der Waals surface area contributed by atoms with E-state index in [0.717, 1.165) is 0 Å². The normalized spacial score (nSPS) is 27.9. The Labute approximate surface area is 84.3 Å². The van der Waals surface area contributed by atoms with Crippen molar-refractivity contribution >= 4 is 0 Å². The van der Waals surface area contributed by atoms with Gasteiger partial charge in [0.05, 0.1) is 0 Å². The highest BCUT2D eigenvalue weighted by molar-refractivity contribution is 5.27.